The Morgan fingerprint density at radius 1 is 1.30 bits per heavy atom. The van der Waals surface area contributed by atoms with Gasteiger partial charge < -0.3 is 14.0 Å². The van der Waals surface area contributed by atoms with Crippen molar-refractivity contribution >= 4 is 25.3 Å². The molecule has 0 saturated carbocycles. The molecule has 2 N–H and O–H groups in total. The van der Waals surface area contributed by atoms with Crippen molar-refractivity contribution in [2.24, 2.45) is 0 Å². The standard InChI is InChI=1S/C20H23ClN3O8P/c1-12-10-24(20(27)22-18(12)25)17-9-8-16(31-17)11-30-33(28,23-13(2)19(26)29-3)32-15-6-4-14(21)5-7-15/h4-10,13,16-17H,11H2,1-3H3,(H,23,28)(H,22,25,27)/t13?,16-,17+,33?/m0/s1. The van der Waals surface area contributed by atoms with E-state index in [1.54, 1.807) is 31.2 Å². The van der Waals surface area contributed by atoms with Crippen molar-refractivity contribution < 1.29 is 27.9 Å². The van der Waals surface area contributed by atoms with Gasteiger partial charge in [0.25, 0.3) is 5.56 Å². The summed E-state index contributed by atoms with van der Waals surface area (Å²) in [7, 11) is -2.87. The summed E-state index contributed by atoms with van der Waals surface area (Å²) in [6.45, 7) is 2.78. The summed E-state index contributed by atoms with van der Waals surface area (Å²) in [5.41, 5.74) is -0.774. The number of aryl methyl sites for hydroxylation is 1. The molecule has 1 aliphatic rings. The Hall–Kier alpha value is -2.69. The second-order valence-corrected chi connectivity index (χ2v) is 9.27. The fourth-order valence-electron chi connectivity index (χ4n) is 2.88. The quantitative estimate of drug-likeness (QED) is 0.302. The lowest BCUT2D eigenvalue weighted by Gasteiger charge is -2.24. The van der Waals surface area contributed by atoms with Crippen LogP contribution in [0.15, 0.2) is 52.2 Å². The van der Waals surface area contributed by atoms with E-state index in [0.717, 1.165) is 0 Å². The monoisotopic (exact) mass is 499 g/mol. The number of esters is 1. The van der Waals surface area contributed by atoms with E-state index < -0.39 is 43.3 Å². The lowest BCUT2D eigenvalue weighted by Crippen LogP contribution is -2.35. The molecule has 0 saturated heterocycles. The molecular weight excluding hydrogens is 477 g/mol. The molecule has 0 aliphatic carbocycles. The van der Waals surface area contributed by atoms with Gasteiger partial charge in [0, 0.05) is 16.8 Å². The summed E-state index contributed by atoms with van der Waals surface area (Å²) in [6, 6.07) is 5.08. The van der Waals surface area contributed by atoms with Crippen LogP contribution in [0.4, 0.5) is 0 Å². The first-order chi connectivity index (χ1) is 15.6. The van der Waals surface area contributed by atoms with Gasteiger partial charge in [-0.2, -0.15) is 5.09 Å². The number of hydrogen-bond acceptors (Lipinski definition) is 8. The number of hydrogen-bond donors (Lipinski definition) is 2. The molecule has 178 valence electrons. The average Bonchev–Trinajstić information content (AvgIpc) is 3.25. The van der Waals surface area contributed by atoms with Crippen LogP contribution in [-0.2, 0) is 23.4 Å². The zero-order chi connectivity index (χ0) is 24.2. The number of rotatable bonds is 9. The van der Waals surface area contributed by atoms with Crippen LogP contribution in [0.3, 0.4) is 0 Å². The van der Waals surface area contributed by atoms with Crippen molar-refractivity contribution in [3.05, 3.63) is 74.0 Å². The molecule has 1 aliphatic heterocycles. The van der Waals surface area contributed by atoms with E-state index in [9.17, 15) is 18.9 Å². The van der Waals surface area contributed by atoms with Gasteiger partial charge in [-0.25, -0.2) is 9.36 Å². The van der Waals surface area contributed by atoms with Crippen molar-refractivity contribution in [2.45, 2.75) is 32.2 Å². The summed E-state index contributed by atoms with van der Waals surface area (Å²) in [5, 5.41) is 2.98. The van der Waals surface area contributed by atoms with Crippen LogP contribution < -0.4 is 20.9 Å². The van der Waals surface area contributed by atoms with Gasteiger partial charge in [0.1, 0.15) is 17.9 Å². The van der Waals surface area contributed by atoms with E-state index in [-0.39, 0.29) is 12.4 Å². The molecule has 0 spiro atoms. The third kappa shape index (κ3) is 6.43. The van der Waals surface area contributed by atoms with Crippen LogP contribution in [0.1, 0.15) is 18.7 Å². The maximum absolute atomic E-state index is 13.4. The van der Waals surface area contributed by atoms with E-state index in [1.807, 2.05) is 0 Å². The zero-order valence-corrected chi connectivity index (χ0v) is 19.7. The van der Waals surface area contributed by atoms with Crippen molar-refractivity contribution in [1.82, 2.24) is 14.6 Å². The van der Waals surface area contributed by atoms with Crippen LogP contribution in [0.25, 0.3) is 0 Å². The molecule has 13 heteroatoms. The van der Waals surface area contributed by atoms with Crippen LogP contribution in [0.5, 0.6) is 5.75 Å². The van der Waals surface area contributed by atoms with E-state index in [2.05, 4.69) is 14.8 Å². The van der Waals surface area contributed by atoms with Gasteiger partial charge in [-0.1, -0.05) is 17.7 Å². The van der Waals surface area contributed by atoms with E-state index >= 15 is 0 Å². The largest absolute Gasteiger partial charge is 0.468 e. The van der Waals surface area contributed by atoms with Crippen molar-refractivity contribution in [1.29, 1.82) is 0 Å². The highest BCUT2D eigenvalue weighted by atomic mass is 35.5. The highest BCUT2D eigenvalue weighted by molar-refractivity contribution is 7.52. The molecular formula is C20H23ClN3O8P. The number of nitrogens with one attached hydrogen (secondary N) is 2. The van der Waals surface area contributed by atoms with Crippen LogP contribution >= 0.6 is 19.3 Å². The average molecular weight is 500 g/mol. The molecule has 33 heavy (non-hydrogen) atoms. The Bertz CT molecular complexity index is 1190. The Morgan fingerprint density at radius 3 is 2.67 bits per heavy atom. The van der Waals surface area contributed by atoms with Crippen LogP contribution in [-0.4, -0.2) is 41.4 Å². The van der Waals surface area contributed by atoms with Crippen LogP contribution in [0.2, 0.25) is 5.02 Å². The second-order valence-electron chi connectivity index (χ2n) is 7.14. The fraction of sp³-hybridized carbons (Fsp3) is 0.350. The first kappa shape index (κ1) is 24.9. The number of halogens is 1. The normalized spacial score (nSPS) is 20.2. The zero-order valence-electron chi connectivity index (χ0n) is 18.0. The third-order valence-electron chi connectivity index (χ3n) is 4.58. The Labute approximate surface area is 193 Å². The molecule has 0 fully saturated rings. The molecule has 1 aromatic carbocycles. The molecule has 2 aromatic rings. The highest BCUT2D eigenvalue weighted by Crippen LogP contribution is 2.45. The summed E-state index contributed by atoms with van der Waals surface area (Å²) in [4.78, 5) is 37.7. The van der Waals surface area contributed by atoms with E-state index in [0.29, 0.717) is 10.6 Å². The Kier molecular flexibility index (Phi) is 7.93. The molecule has 4 atom stereocenters. The number of ether oxygens (including phenoxy) is 2. The number of nitrogens with zero attached hydrogens (tertiary/aromatic N) is 1. The minimum absolute atomic E-state index is 0.198. The summed E-state index contributed by atoms with van der Waals surface area (Å²) in [6.07, 6.45) is 3.12. The molecule has 0 radical (unpaired) electrons. The molecule has 3 rings (SSSR count). The topological polar surface area (TPSA) is 138 Å². The van der Waals surface area contributed by atoms with Crippen LogP contribution in [0, 0.1) is 6.92 Å². The van der Waals surface area contributed by atoms with E-state index in [1.165, 1.54) is 36.9 Å². The molecule has 2 unspecified atom stereocenters. The molecule has 0 amide bonds. The van der Waals surface area contributed by atoms with Gasteiger partial charge >= 0.3 is 19.4 Å². The van der Waals surface area contributed by atoms with Crippen molar-refractivity contribution in [3.8, 4) is 5.75 Å². The van der Waals surface area contributed by atoms with Crippen molar-refractivity contribution in [3.63, 3.8) is 0 Å². The van der Waals surface area contributed by atoms with Gasteiger partial charge in [0.15, 0.2) is 6.23 Å². The van der Waals surface area contributed by atoms with Crippen molar-refractivity contribution in [2.75, 3.05) is 13.7 Å². The first-order valence-electron chi connectivity index (χ1n) is 9.81. The first-order valence-corrected chi connectivity index (χ1v) is 11.7. The third-order valence-corrected chi connectivity index (χ3v) is 6.47. The maximum Gasteiger partial charge on any atom is 0.459 e. The number of carbonyl (C=O) groups excluding carboxylic acids is 1. The van der Waals surface area contributed by atoms with Gasteiger partial charge in [0.05, 0.1) is 13.7 Å². The summed E-state index contributed by atoms with van der Waals surface area (Å²) in [5.74, 6) is -0.466. The number of methoxy groups -OCH3 is 1. The predicted octanol–water partition coefficient (Wildman–Crippen LogP) is 2.31. The number of aromatic nitrogens is 2. The van der Waals surface area contributed by atoms with Gasteiger partial charge in [0.2, 0.25) is 0 Å². The lowest BCUT2D eigenvalue weighted by molar-refractivity contribution is -0.142. The Morgan fingerprint density at radius 2 is 2.00 bits per heavy atom. The fourth-order valence-corrected chi connectivity index (χ4v) is 4.51. The molecule has 2 heterocycles. The minimum atomic E-state index is -4.07. The van der Waals surface area contributed by atoms with Gasteiger partial charge in [-0.15, -0.1) is 0 Å². The number of H-pyrrole nitrogens is 1. The maximum atomic E-state index is 13.4. The predicted molar refractivity (Wildman–Crippen MR) is 119 cm³/mol. The SMILES string of the molecule is COC(=O)C(C)NP(=O)(OC[C@@H]1C=C[C@H](n2cc(C)c(=O)[nH]c2=O)O1)Oc1ccc(Cl)cc1. The number of carbonyl (C=O) groups is 1. The lowest BCUT2D eigenvalue weighted by atomic mass is 10.3. The highest BCUT2D eigenvalue weighted by Gasteiger charge is 2.34. The minimum Gasteiger partial charge on any atom is -0.468 e. The number of aromatic amines is 1. The van der Waals surface area contributed by atoms with E-state index in [4.69, 9.17) is 25.4 Å². The molecule has 0 bridgehead atoms. The molecule has 1 aromatic heterocycles. The summed E-state index contributed by atoms with van der Waals surface area (Å²) < 4.78 is 36.0. The number of benzene rings is 1. The van der Waals surface area contributed by atoms with Gasteiger partial charge in [-0.3, -0.25) is 23.7 Å². The smallest absolute Gasteiger partial charge is 0.459 e. The van der Waals surface area contributed by atoms with Gasteiger partial charge in [-0.05, 0) is 44.2 Å². The molecule has 11 nitrogen and oxygen atoms in total. The second kappa shape index (κ2) is 10.5. The Balaban J connectivity index is 1.71. The summed E-state index contributed by atoms with van der Waals surface area (Å²) >= 11 is 5.87.